The lowest BCUT2D eigenvalue weighted by Crippen LogP contribution is -2.30. The van der Waals surface area contributed by atoms with Gasteiger partial charge in [0.05, 0.1) is 37.1 Å². The van der Waals surface area contributed by atoms with E-state index in [1.54, 1.807) is 18.2 Å². The molecule has 0 bridgehead atoms. The van der Waals surface area contributed by atoms with E-state index in [2.05, 4.69) is 23.5 Å². The number of benzene rings is 2. The average molecular weight is 363 g/mol. The zero-order chi connectivity index (χ0) is 19.0. The third-order valence-corrected chi connectivity index (χ3v) is 5.49. The van der Waals surface area contributed by atoms with Crippen LogP contribution in [0.3, 0.4) is 0 Å². The minimum Gasteiger partial charge on any atom is -0.465 e. The van der Waals surface area contributed by atoms with Gasteiger partial charge in [-0.25, -0.2) is 9.59 Å². The maximum Gasteiger partial charge on any atom is 0.339 e. The Morgan fingerprint density at radius 1 is 1.00 bits per heavy atom. The number of fused-ring (bicyclic) bond motifs is 3. The maximum atomic E-state index is 12.2. The lowest BCUT2D eigenvalue weighted by molar-refractivity contribution is 0.0592. The molecule has 2 aliphatic rings. The summed E-state index contributed by atoms with van der Waals surface area (Å²) in [4.78, 5) is 23.9. The van der Waals surface area contributed by atoms with Crippen molar-refractivity contribution in [3.63, 3.8) is 0 Å². The molecule has 1 aliphatic heterocycles. The van der Waals surface area contributed by atoms with Crippen LogP contribution in [0.25, 0.3) is 0 Å². The second-order valence-corrected chi connectivity index (χ2v) is 6.85. The third kappa shape index (κ3) is 2.89. The predicted octanol–water partition coefficient (Wildman–Crippen LogP) is 4.09. The highest BCUT2D eigenvalue weighted by Gasteiger charge is 2.39. The molecule has 27 heavy (non-hydrogen) atoms. The van der Waals surface area contributed by atoms with Gasteiger partial charge in [-0.15, -0.1) is 0 Å². The van der Waals surface area contributed by atoms with Crippen molar-refractivity contribution in [1.82, 2.24) is 0 Å². The van der Waals surface area contributed by atoms with E-state index in [4.69, 9.17) is 9.47 Å². The number of anilines is 1. The first-order valence-corrected chi connectivity index (χ1v) is 8.96. The number of ether oxygens (including phenoxy) is 2. The summed E-state index contributed by atoms with van der Waals surface area (Å²) in [5.41, 5.74) is 4.10. The molecule has 5 heteroatoms. The zero-order valence-corrected chi connectivity index (χ0v) is 15.3. The van der Waals surface area contributed by atoms with Gasteiger partial charge in [-0.2, -0.15) is 0 Å². The molecule has 2 aromatic rings. The number of carbonyl (C=O) groups is 2. The van der Waals surface area contributed by atoms with Crippen LogP contribution in [0.5, 0.6) is 0 Å². The molecule has 0 radical (unpaired) electrons. The monoisotopic (exact) mass is 363 g/mol. The first-order chi connectivity index (χ1) is 13.1. The van der Waals surface area contributed by atoms with Crippen molar-refractivity contribution >= 4 is 17.6 Å². The van der Waals surface area contributed by atoms with Crippen molar-refractivity contribution in [2.45, 2.75) is 18.4 Å². The quantitative estimate of drug-likeness (QED) is 0.657. The van der Waals surface area contributed by atoms with E-state index in [1.165, 1.54) is 14.2 Å². The topological polar surface area (TPSA) is 64.6 Å². The molecule has 5 nitrogen and oxygen atoms in total. The molecule has 1 heterocycles. The maximum absolute atomic E-state index is 12.2. The molecule has 0 amide bonds. The van der Waals surface area contributed by atoms with E-state index in [1.807, 2.05) is 18.2 Å². The molecule has 2 aromatic carbocycles. The summed E-state index contributed by atoms with van der Waals surface area (Å²) < 4.78 is 9.74. The molecule has 0 fully saturated rings. The van der Waals surface area contributed by atoms with E-state index in [-0.39, 0.29) is 23.9 Å². The lowest BCUT2D eigenvalue weighted by Gasteiger charge is -2.38. The molecular weight excluding hydrogens is 342 g/mol. The molecule has 4 rings (SSSR count). The van der Waals surface area contributed by atoms with Crippen LogP contribution in [-0.4, -0.2) is 26.2 Å². The molecule has 0 saturated heterocycles. The van der Waals surface area contributed by atoms with E-state index in [0.717, 1.165) is 23.2 Å². The van der Waals surface area contributed by atoms with Crippen molar-refractivity contribution in [2.75, 3.05) is 19.5 Å². The van der Waals surface area contributed by atoms with Gasteiger partial charge >= 0.3 is 11.9 Å². The van der Waals surface area contributed by atoms with Crippen molar-refractivity contribution in [3.05, 3.63) is 76.9 Å². The van der Waals surface area contributed by atoms with Crippen LogP contribution < -0.4 is 5.32 Å². The largest absolute Gasteiger partial charge is 0.465 e. The molecule has 0 unspecified atom stereocenters. The Kier molecular flexibility index (Phi) is 4.44. The fourth-order valence-corrected chi connectivity index (χ4v) is 4.18. The highest BCUT2D eigenvalue weighted by atomic mass is 16.5. The van der Waals surface area contributed by atoms with Crippen LogP contribution in [0.15, 0.2) is 54.6 Å². The third-order valence-electron chi connectivity index (χ3n) is 5.49. The van der Waals surface area contributed by atoms with Crippen molar-refractivity contribution in [2.24, 2.45) is 5.92 Å². The van der Waals surface area contributed by atoms with Crippen LogP contribution >= 0.6 is 0 Å². The molecule has 3 atom stereocenters. The number of rotatable bonds is 3. The van der Waals surface area contributed by atoms with Gasteiger partial charge in [-0.1, -0.05) is 36.4 Å². The molecule has 0 saturated carbocycles. The number of para-hydroxylation sites is 1. The van der Waals surface area contributed by atoms with Gasteiger partial charge in [0.2, 0.25) is 0 Å². The standard InChI is InChI=1S/C22H21NO4/c1-26-21(24)14-11-9-13(10-12-14)19-16-6-3-5-15(16)17-7-4-8-18(20(17)23-19)22(25)27-2/h3-5,7-12,15-16,19,23H,6H2,1-2H3/t15-,16-,19-/m0/s1. The van der Waals surface area contributed by atoms with Crippen LogP contribution in [0, 0.1) is 5.92 Å². The van der Waals surface area contributed by atoms with E-state index in [0.29, 0.717) is 17.0 Å². The first kappa shape index (κ1) is 17.3. The van der Waals surface area contributed by atoms with Crippen molar-refractivity contribution < 1.29 is 19.1 Å². The summed E-state index contributed by atoms with van der Waals surface area (Å²) in [6.45, 7) is 0. The molecule has 1 N–H and O–H groups in total. The SMILES string of the molecule is COC(=O)c1ccc([C@@H]2Nc3c(C(=O)OC)cccc3[C@H]3C=CC[C@@H]32)cc1. The number of nitrogens with one attached hydrogen (secondary N) is 1. The van der Waals surface area contributed by atoms with Crippen LogP contribution in [-0.2, 0) is 9.47 Å². The van der Waals surface area contributed by atoms with E-state index < -0.39 is 0 Å². The zero-order valence-electron chi connectivity index (χ0n) is 15.3. The fourth-order valence-electron chi connectivity index (χ4n) is 4.18. The van der Waals surface area contributed by atoms with Crippen LogP contribution in [0.1, 0.15) is 50.2 Å². The summed E-state index contributed by atoms with van der Waals surface area (Å²) in [6, 6.07) is 13.3. The summed E-state index contributed by atoms with van der Waals surface area (Å²) >= 11 is 0. The Morgan fingerprint density at radius 2 is 1.74 bits per heavy atom. The Morgan fingerprint density at radius 3 is 2.44 bits per heavy atom. The molecule has 0 spiro atoms. The first-order valence-electron chi connectivity index (χ1n) is 8.96. The van der Waals surface area contributed by atoms with Crippen molar-refractivity contribution in [3.8, 4) is 0 Å². The Hall–Kier alpha value is -3.08. The van der Waals surface area contributed by atoms with Gasteiger partial charge < -0.3 is 14.8 Å². The van der Waals surface area contributed by atoms with Gasteiger partial charge in [0.1, 0.15) is 0 Å². The van der Waals surface area contributed by atoms with Gasteiger partial charge in [-0.05, 0) is 41.7 Å². The van der Waals surface area contributed by atoms with Gasteiger partial charge in [0, 0.05) is 5.92 Å². The molecule has 1 aliphatic carbocycles. The summed E-state index contributed by atoms with van der Waals surface area (Å²) in [5, 5.41) is 3.57. The number of carbonyl (C=O) groups excluding carboxylic acids is 2. The fraction of sp³-hybridized carbons (Fsp3) is 0.273. The highest BCUT2D eigenvalue weighted by Crippen LogP contribution is 2.50. The van der Waals surface area contributed by atoms with Crippen molar-refractivity contribution in [1.29, 1.82) is 0 Å². The Labute approximate surface area is 158 Å². The van der Waals surface area contributed by atoms with Gasteiger partial charge in [-0.3, -0.25) is 0 Å². The number of allylic oxidation sites excluding steroid dienone is 2. The average Bonchev–Trinajstić information content (AvgIpc) is 3.22. The summed E-state index contributed by atoms with van der Waals surface area (Å²) in [7, 11) is 2.77. The van der Waals surface area contributed by atoms with Gasteiger partial charge in [0.15, 0.2) is 0 Å². The van der Waals surface area contributed by atoms with Crippen LogP contribution in [0.2, 0.25) is 0 Å². The predicted molar refractivity (Wildman–Crippen MR) is 102 cm³/mol. The number of hydrogen-bond acceptors (Lipinski definition) is 5. The minimum atomic E-state index is -0.350. The second-order valence-electron chi connectivity index (χ2n) is 6.85. The lowest BCUT2D eigenvalue weighted by atomic mass is 9.76. The number of methoxy groups -OCH3 is 2. The number of hydrogen-bond donors (Lipinski definition) is 1. The van der Waals surface area contributed by atoms with Crippen LogP contribution in [0.4, 0.5) is 5.69 Å². The molecular formula is C22H21NO4. The summed E-state index contributed by atoms with van der Waals surface area (Å²) in [5.74, 6) is -0.0954. The molecule has 138 valence electrons. The second kappa shape index (κ2) is 6.91. The minimum absolute atomic E-state index is 0.0370. The van der Waals surface area contributed by atoms with Gasteiger partial charge in [0.25, 0.3) is 0 Å². The van der Waals surface area contributed by atoms with E-state index in [9.17, 15) is 9.59 Å². The Balaban J connectivity index is 1.74. The highest BCUT2D eigenvalue weighted by molar-refractivity contribution is 5.97. The van der Waals surface area contributed by atoms with E-state index >= 15 is 0 Å². The molecule has 0 aromatic heterocycles. The smallest absolute Gasteiger partial charge is 0.339 e. The normalized spacial score (nSPS) is 22.4. The summed E-state index contributed by atoms with van der Waals surface area (Å²) in [6.07, 6.45) is 5.39. The Bertz CT molecular complexity index is 916. The number of esters is 2.